The van der Waals surface area contributed by atoms with Gasteiger partial charge in [-0.1, -0.05) is 23.2 Å². The first-order valence-electron chi connectivity index (χ1n) is 6.68. The molecule has 0 aliphatic heterocycles. The molecule has 0 spiro atoms. The fourth-order valence-electron chi connectivity index (χ4n) is 1.96. The lowest BCUT2D eigenvalue weighted by Gasteiger charge is -2.22. The summed E-state index contributed by atoms with van der Waals surface area (Å²) in [5, 5.41) is 3.76. The second-order valence-electron chi connectivity index (χ2n) is 5.98. The van der Waals surface area contributed by atoms with E-state index in [1.54, 1.807) is 30.3 Å². The van der Waals surface area contributed by atoms with Gasteiger partial charge in [-0.15, -0.1) is 0 Å². The van der Waals surface area contributed by atoms with Crippen LogP contribution in [0.4, 0.5) is 5.69 Å². The van der Waals surface area contributed by atoms with Gasteiger partial charge in [0.05, 0.1) is 14.8 Å². The van der Waals surface area contributed by atoms with Crippen LogP contribution in [-0.4, -0.2) is 14.0 Å². The summed E-state index contributed by atoms with van der Waals surface area (Å²) < 4.78 is 25.3. The minimum atomic E-state index is -3.70. The highest BCUT2D eigenvalue weighted by Crippen LogP contribution is 2.30. The highest BCUT2D eigenvalue weighted by atomic mass is 35.5. The Balaban J connectivity index is 2.40. The van der Waals surface area contributed by atoms with Gasteiger partial charge < -0.3 is 5.32 Å². The SMILES string of the molecule is CC(C)(C)Nc1ccc(S(=O)(=O)c2cc(Cl)ccc2Cl)cc1. The van der Waals surface area contributed by atoms with Crippen LogP contribution >= 0.6 is 23.2 Å². The van der Waals surface area contributed by atoms with Gasteiger partial charge in [0.15, 0.2) is 0 Å². The van der Waals surface area contributed by atoms with Gasteiger partial charge in [0.25, 0.3) is 0 Å². The van der Waals surface area contributed by atoms with E-state index in [0.29, 0.717) is 5.02 Å². The number of halogens is 2. The van der Waals surface area contributed by atoms with Crippen molar-refractivity contribution in [1.82, 2.24) is 0 Å². The molecule has 0 amide bonds. The van der Waals surface area contributed by atoms with E-state index in [1.807, 2.05) is 20.8 Å². The highest BCUT2D eigenvalue weighted by molar-refractivity contribution is 7.91. The number of nitrogens with one attached hydrogen (secondary N) is 1. The molecule has 3 nitrogen and oxygen atoms in total. The van der Waals surface area contributed by atoms with Crippen molar-refractivity contribution in [2.24, 2.45) is 0 Å². The molecule has 0 aliphatic rings. The second-order valence-corrected chi connectivity index (χ2v) is 8.74. The van der Waals surface area contributed by atoms with Crippen LogP contribution in [0.1, 0.15) is 20.8 Å². The van der Waals surface area contributed by atoms with Gasteiger partial charge in [0.1, 0.15) is 0 Å². The average Bonchev–Trinajstić information content (AvgIpc) is 2.40. The molecule has 2 rings (SSSR count). The molecule has 0 saturated heterocycles. The quantitative estimate of drug-likeness (QED) is 0.836. The maximum Gasteiger partial charge on any atom is 0.208 e. The Morgan fingerprint density at radius 1 is 0.955 bits per heavy atom. The van der Waals surface area contributed by atoms with Gasteiger partial charge in [-0.25, -0.2) is 8.42 Å². The Hall–Kier alpha value is -1.23. The van der Waals surface area contributed by atoms with Gasteiger partial charge in [-0.2, -0.15) is 0 Å². The third-order valence-corrected chi connectivity index (χ3v) is 5.35. The van der Waals surface area contributed by atoms with Crippen LogP contribution in [0, 0.1) is 0 Å². The molecule has 118 valence electrons. The van der Waals surface area contributed by atoms with Crippen molar-refractivity contribution in [2.75, 3.05) is 5.32 Å². The summed E-state index contributed by atoms with van der Waals surface area (Å²) in [7, 11) is -3.70. The number of anilines is 1. The summed E-state index contributed by atoms with van der Waals surface area (Å²) in [5.74, 6) is 0. The highest BCUT2D eigenvalue weighted by Gasteiger charge is 2.21. The minimum Gasteiger partial charge on any atom is -0.380 e. The Kier molecular flexibility index (Phi) is 4.76. The summed E-state index contributed by atoms with van der Waals surface area (Å²) >= 11 is 11.9. The van der Waals surface area contributed by atoms with Gasteiger partial charge in [0, 0.05) is 16.2 Å². The van der Waals surface area contributed by atoms with Crippen molar-refractivity contribution in [3.63, 3.8) is 0 Å². The smallest absolute Gasteiger partial charge is 0.208 e. The predicted molar refractivity (Wildman–Crippen MR) is 91.7 cm³/mol. The molecule has 1 N–H and O–H groups in total. The molecule has 0 fully saturated rings. The number of sulfone groups is 1. The van der Waals surface area contributed by atoms with Gasteiger partial charge in [-0.3, -0.25) is 0 Å². The number of hydrogen-bond acceptors (Lipinski definition) is 3. The Morgan fingerprint density at radius 2 is 1.55 bits per heavy atom. The molecule has 2 aromatic rings. The predicted octanol–water partition coefficient (Wildman–Crippen LogP) is 5.04. The second kappa shape index (κ2) is 6.11. The zero-order chi connectivity index (χ0) is 16.5. The van der Waals surface area contributed by atoms with Crippen LogP contribution in [0.15, 0.2) is 52.3 Å². The third-order valence-electron chi connectivity index (χ3n) is 2.87. The van der Waals surface area contributed by atoms with E-state index >= 15 is 0 Å². The van der Waals surface area contributed by atoms with Gasteiger partial charge in [0.2, 0.25) is 9.84 Å². The van der Waals surface area contributed by atoms with Gasteiger partial charge >= 0.3 is 0 Å². The van der Waals surface area contributed by atoms with E-state index in [4.69, 9.17) is 23.2 Å². The Labute approximate surface area is 141 Å². The first-order valence-corrected chi connectivity index (χ1v) is 8.92. The Morgan fingerprint density at radius 3 is 2.09 bits per heavy atom. The number of rotatable bonds is 3. The summed E-state index contributed by atoms with van der Waals surface area (Å²) in [6, 6.07) is 11.0. The molecule has 0 radical (unpaired) electrons. The zero-order valence-electron chi connectivity index (χ0n) is 12.5. The summed E-state index contributed by atoms with van der Waals surface area (Å²) in [6.07, 6.45) is 0. The molecule has 0 atom stereocenters. The molecular weight excluding hydrogens is 341 g/mol. The molecule has 2 aromatic carbocycles. The summed E-state index contributed by atoms with van der Waals surface area (Å²) in [4.78, 5) is 0.189. The van der Waals surface area contributed by atoms with Crippen LogP contribution in [0.5, 0.6) is 0 Å². The van der Waals surface area contributed by atoms with Crippen molar-refractivity contribution in [1.29, 1.82) is 0 Å². The van der Waals surface area contributed by atoms with E-state index in [9.17, 15) is 8.42 Å². The average molecular weight is 358 g/mol. The molecule has 6 heteroatoms. The lowest BCUT2D eigenvalue weighted by atomic mass is 10.1. The lowest BCUT2D eigenvalue weighted by Crippen LogP contribution is -2.25. The Bertz CT molecular complexity index is 779. The summed E-state index contributed by atoms with van der Waals surface area (Å²) in [6.45, 7) is 6.09. The summed E-state index contributed by atoms with van der Waals surface area (Å²) in [5.41, 5.74) is 0.750. The normalized spacial score (nSPS) is 12.2. The van der Waals surface area contributed by atoms with Crippen LogP contribution in [0.3, 0.4) is 0 Å². The van der Waals surface area contributed by atoms with Crippen LogP contribution in [-0.2, 0) is 9.84 Å². The molecule has 0 heterocycles. The van der Waals surface area contributed by atoms with Crippen molar-refractivity contribution in [3.8, 4) is 0 Å². The molecule has 22 heavy (non-hydrogen) atoms. The maximum absolute atomic E-state index is 12.6. The first kappa shape index (κ1) is 17.1. The van der Waals surface area contributed by atoms with Crippen molar-refractivity contribution < 1.29 is 8.42 Å². The van der Waals surface area contributed by atoms with Crippen molar-refractivity contribution in [3.05, 3.63) is 52.5 Å². The van der Waals surface area contributed by atoms with Crippen LogP contribution in [0.25, 0.3) is 0 Å². The molecule has 0 unspecified atom stereocenters. The fourth-order valence-corrected chi connectivity index (χ4v) is 3.97. The van der Waals surface area contributed by atoms with Gasteiger partial charge in [-0.05, 0) is 63.2 Å². The third kappa shape index (κ3) is 3.94. The van der Waals surface area contributed by atoms with E-state index in [2.05, 4.69) is 5.32 Å². The fraction of sp³-hybridized carbons (Fsp3) is 0.250. The zero-order valence-corrected chi connectivity index (χ0v) is 14.9. The molecule has 0 aliphatic carbocycles. The largest absolute Gasteiger partial charge is 0.380 e. The molecule has 0 bridgehead atoms. The standard InChI is InChI=1S/C16H17Cl2NO2S/c1-16(2,3)19-12-5-7-13(8-6-12)22(20,21)15-10-11(17)4-9-14(15)18/h4-10,19H,1-3H3. The van der Waals surface area contributed by atoms with E-state index < -0.39 is 9.84 Å². The lowest BCUT2D eigenvalue weighted by molar-refractivity contribution is 0.596. The topological polar surface area (TPSA) is 46.2 Å². The number of hydrogen-bond donors (Lipinski definition) is 1. The maximum atomic E-state index is 12.6. The van der Waals surface area contributed by atoms with Crippen LogP contribution in [0.2, 0.25) is 10.0 Å². The first-order chi connectivity index (χ1) is 10.1. The van der Waals surface area contributed by atoms with Crippen molar-refractivity contribution >= 4 is 38.7 Å². The number of benzene rings is 2. The van der Waals surface area contributed by atoms with E-state index in [-0.39, 0.29) is 20.4 Å². The minimum absolute atomic E-state index is 0.0122. The molecule has 0 aromatic heterocycles. The molecular formula is C16H17Cl2NO2S. The van der Waals surface area contributed by atoms with Crippen molar-refractivity contribution in [2.45, 2.75) is 36.1 Å². The monoisotopic (exact) mass is 357 g/mol. The van der Waals surface area contributed by atoms with Crippen LogP contribution < -0.4 is 5.32 Å². The molecule has 0 saturated carbocycles. The van der Waals surface area contributed by atoms with E-state index in [1.165, 1.54) is 12.1 Å². The van der Waals surface area contributed by atoms with E-state index in [0.717, 1.165) is 5.69 Å².